The Morgan fingerprint density at radius 3 is 2.32 bits per heavy atom. The molecule has 1 atom stereocenters. The molecule has 6 nitrogen and oxygen atoms in total. The van der Waals surface area contributed by atoms with Crippen molar-refractivity contribution in [2.45, 2.75) is 18.8 Å². The molecule has 1 aliphatic heterocycles. The summed E-state index contributed by atoms with van der Waals surface area (Å²) in [6.07, 6.45) is 0.263. The van der Waals surface area contributed by atoms with Gasteiger partial charge in [0.05, 0.1) is 0 Å². The SMILES string of the molecule is CCC1(c2ccc(N)cc2)C(=O)NC(=O)N(C)C1=O. The van der Waals surface area contributed by atoms with E-state index in [4.69, 9.17) is 5.73 Å². The minimum absolute atomic E-state index is 0.263. The first-order valence-corrected chi connectivity index (χ1v) is 5.93. The van der Waals surface area contributed by atoms with Gasteiger partial charge in [0.2, 0.25) is 5.91 Å². The quantitative estimate of drug-likeness (QED) is 0.603. The van der Waals surface area contributed by atoms with Gasteiger partial charge in [-0.05, 0) is 24.1 Å². The minimum atomic E-state index is -1.36. The topological polar surface area (TPSA) is 92.5 Å². The lowest BCUT2D eigenvalue weighted by Gasteiger charge is -2.37. The Morgan fingerprint density at radius 2 is 1.79 bits per heavy atom. The first-order chi connectivity index (χ1) is 8.93. The molecule has 1 aromatic rings. The van der Waals surface area contributed by atoms with Crippen molar-refractivity contribution in [2.24, 2.45) is 0 Å². The Kier molecular flexibility index (Phi) is 3.01. The van der Waals surface area contributed by atoms with E-state index in [1.807, 2.05) is 0 Å². The maximum absolute atomic E-state index is 12.4. The number of imide groups is 2. The molecular weight excluding hydrogens is 246 g/mol. The molecule has 0 bridgehead atoms. The fourth-order valence-corrected chi connectivity index (χ4v) is 2.30. The number of barbiturate groups is 1. The zero-order valence-corrected chi connectivity index (χ0v) is 10.8. The van der Waals surface area contributed by atoms with Gasteiger partial charge in [-0.1, -0.05) is 19.1 Å². The number of carbonyl (C=O) groups excluding carboxylic acids is 3. The minimum Gasteiger partial charge on any atom is -0.399 e. The van der Waals surface area contributed by atoms with Crippen LogP contribution in [-0.2, 0) is 15.0 Å². The molecule has 2 rings (SSSR count). The molecule has 19 heavy (non-hydrogen) atoms. The van der Waals surface area contributed by atoms with Gasteiger partial charge in [-0.2, -0.15) is 0 Å². The number of nitrogen functional groups attached to an aromatic ring is 1. The van der Waals surface area contributed by atoms with E-state index in [-0.39, 0.29) is 6.42 Å². The van der Waals surface area contributed by atoms with Crippen molar-refractivity contribution in [3.8, 4) is 0 Å². The zero-order chi connectivity index (χ0) is 14.2. The summed E-state index contributed by atoms with van der Waals surface area (Å²) in [5, 5.41) is 2.21. The summed E-state index contributed by atoms with van der Waals surface area (Å²) in [6, 6.07) is 5.84. The van der Waals surface area contributed by atoms with E-state index >= 15 is 0 Å². The van der Waals surface area contributed by atoms with E-state index in [1.165, 1.54) is 7.05 Å². The highest BCUT2D eigenvalue weighted by Gasteiger charge is 2.52. The molecule has 100 valence electrons. The van der Waals surface area contributed by atoms with E-state index in [9.17, 15) is 14.4 Å². The smallest absolute Gasteiger partial charge is 0.330 e. The maximum Gasteiger partial charge on any atom is 0.330 e. The number of amides is 4. The Hall–Kier alpha value is -2.37. The highest BCUT2D eigenvalue weighted by Crippen LogP contribution is 2.33. The van der Waals surface area contributed by atoms with Crippen LogP contribution in [0.5, 0.6) is 0 Å². The van der Waals surface area contributed by atoms with Gasteiger partial charge in [-0.3, -0.25) is 19.8 Å². The summed E-state index contributed by atoms with van der Waals surface area (Å²) in [4.78, 5) is 37.0. The second-order valence-electron chi connectivity index (χ2n) is 4.50. The highest BCUT2D eigenvalue weighted by molar-refractivity contribution is 6.22. The van der Waals surface area contributed by atoms with Crippen LogP contribution in [0.4, 0.5) is 10.5 Å². The third-order valence-electron chi connectivity index (χ3n) is 3.52. The highest BCUT2D eigenvalue weighted by atomic mass is 16.2. The molecule has 1 aromatic carbocycles. The van der Waals surface area contributed by atoms with Gasteiger partial charge in [-0.25, -0.2) is 4.79 Å². The Balaban J connectivity index is 2.58. The monoisotopic (exact) mass is 261 g/mol. The molecule has 0 spiro atoms. The van der Waals surface area contributed by atoms with E-state index in [1.54, 1.807) is 31.2 Å². The van der Waals surface area contributed by atoms with Crippen LogP contribution < -0.4 is 11.1 Å². The molecule has 1 aliphatic rings. The van der Waals surface area contributed by atoms with Crippen LogP contribution >= 0.6 is 0 Å². The van der Waals surface area contributed by atoms with Crippen LogP contribution in [-0.4, -0.2) is 29.8 Å². The van der Waals surface area contributed by atoms with Gasteiger partial charge in [0.1, 0.15) is 0 Å². The van der Waals surface area contributed by atoms with Gasteiger partial charge in [0, 0.05) is 12.7 Å². The zero-order valence-electron chi connectivity index (χ0n) is 10.8. The Labute approximate surface area is 110 Å². The summed E-state index contributed by atoms with van der Waals surface area (Å²) >= 11 is 0. The lowest BCUT2D eigenvalue weighted by atomic mass is 9.75. The molecule has 1 saturated heterocycles. The number of nitrogens with two attached hydrogens (primary N) is 1. The van der Waals surface area contributed by atoms with Gasteiger partial charge in [-0.15, -0.1) is 0 Å². The molecule has 0 saturated carbocycles. The number of hydrogen-bond donors (Lipinski definition) is 2. The van der Waals surface area contributed by atoms with Crippen molar-refractivity contribution in [3.63, 3.8) is 0 Å². The van der Waals surface area contributed by atoms with Crippen molar-refractivity contribution >= 4 is 23.5 Å². The number of benzene rings is 1. The number of rotatable bonds is 2. The average molecular weight is 261 g/mol. The normalized spacial score (nSPS) is 23.5. The predicted octanol–water partition coefficient (Wildman–Crippen LogP) is 0.625. The van der Waals surface area contributed by atoms with Crippen LogP contribution in [0, 0.1) is 0 Å². The molecule has 4 amide bonds. The lowest BCUT2D eigenvalue weighted by molar-refractivity contribution is -0.144. The fraction of sp³-hybridized carbons (Fsp3) is 0.308. The van der Waals surface area contributed by atoms with Crippen molar-refractivity contribution in [1.29, 1.82) is 0 Å². The number of hydrogen-bond acceptors (Lipinski definition) is 4. The molecular formula is C13H15N3O3. The van der Waals surface area contributed by atoms with Crippen molar-refractivity contribution < 1.29 is 14.4 Å². The summed E-state index contributed by atoms with van der Waals surface area (Å²) in [6.45, 7) is 1.73. The molecule has 0 radical (unpaired) electrons. The third-order valence-corrected chi connectivity index (χ3v) is 3.52. The summed E-state index contributed by atoms with van der Waals surface area (Å²) in [5.74, 6) is -1.11. The largest absolute Gasteiger partial charge is 0.399 e. The van der Waals surface area contributed by atoms with Crippen LogP contribution in [0.15, 0.2) is 24.3 Å². The number of likely N-dealkylation sites (N-methyl/N-ethyl adjacent to an activating group) is 1. The number of nitrogens with one attached hydrogen (secondary N) is 1. The number of carbonyl (C=O) groups is 3. The second-order valence-corrected chi connectivity index (χ2v) is 4.50. The predicted molar refractivity (Wildman–Crippen MR) is 69.1 cm³/mol. The van der Waals surface area contributed by atoms with Crippen LogP contribution in [0.25, 0.3) is 0 Å². The van der Waals surface area contributed by atoms with Gasteiger partial charge in [0.15, 0.2) is 5.41 Å². The molecule has 0 aromatic heterocycles. The molecule has 1 fully saturated rings. The summed E-state index contributed by atoms with van der Waals surface area (Å²) in [5.41, 5.74) is 5.32. The number of urea groups is 1. The van der Waals surface area contributed by atoms with E-state index in [0.29, 0.717) is 11.3 Å². The Bertz CT molecular complexity index is 553. The molecule has 1 unspecified atom stereocenters. The van der Waals surface area contributed by atoms with E-state index in [0.717, 1.165) is 4.90 Å². The molecule has 3 N–H and O–H groups in total. The standard InChI is InChI=1S/C13H15N3O3/c1-3-13(8-4-6-9(14)7-5-8)10(17)15-12(19)16(2)11(13)18/h4-7H,3,14H2,1-2H3,(H,15,17,19). The van der Waals surface area contributed by atoms with Crippen LogP contribution in [0.1, 0.15) is 18.9 Å². The summed E-state index contributed by atoms with van der Waals surface area (Å²) in [7, 11) is 1.35. The second kappa shape index (κ2) is 4.38. The van der Waals surface area contributed by atoms with Crippen LogP contribution in [0.3, 0.4) is 0 Å². The average Bonchev–Trinajstić information content (AvgIpc) is 2.39. The van der Waals surface area contributed by atoms with Crippen molar-refractivity contribution in [1.82, 2.24) is 10.2 Å². The fourth-order valence-electron chi connectivity index (χ4n) is 2.30. The van der Waals surface area contributed by atoms with Crippen molar-refractivity contribution in [3.05, 3.63) is 29.8 Å². The summed E-state index contributed by atoms with van der Waals surface area (Å²) < 4.78 is 0. The molecule has 6 heteroatoms. The third kappa shape index (κ3) is 1.76. The lowest BCUT2D eigenvalue weighted by Crippen LogP contribution is -2.64. The number of anilines is 1. The molecule has 0 aliphatic carbocycles. The first-order valence-electron chi connectivity index (χ1n) is 5.93. The maximum atomic E-state index is 12.4. The van der Waals surface area contributed by atoms with Crippen LogP contribution in [0.2, 0.25) is 0 Å². The van der Waals surface area contributed by atoms with Gasteiger partial charge < -0.3 is 5.73 Å². The van der Waals surface area contributed by atoms with Gasteiger partial charge >= 0.3 is 6.03 Å². The van der Waals surface area contributed by atoms with E-state index in [2.05, 4.69) is 5.32 Å². The Morgan fingerprint density at radius 1 is 1.21 bits per heavy atom. The first kappa shape index (κ1) is 13.1. The van der Waals surface area contributed by atoms with E-state index < -0.39 is 23.3 Å². The van der Waals surface area contributed by atoms with Gasteiger partial charge in [0.25, 0.3) is 5.91 Å². The molecule has 1 heterocycles. The number of nitrogens with zero attached hydrogens (tertiary/aromatic N) is 1. The van der Waals surface area contributed by atoms with Crippen molar-refractivity contribution in [2.75, 3.05) is 12.8 Å².